The third-order valence-electron chi connectivity index (χ3n) is 9.47. The summed E-state index contributed by atoms with van der Waals surface area (Å²) in [5, 5.41) is 7.37. The van der Waals surface area contributed by atoms with Gasteiger partial charge in [0.15, 0.2) is 0 Å². The maximum absolute atomic E-state index is 4.80. The molecule has 0 unspecified atom stereocenters. The van der Waals surface area contributed by atoms with Crippen LogP contribution in [0, 0.1) is 0 Å². The van der Waals surface area contributed by atoms with Gasteiger partial charge in [0.1, 0.15) is 0 Å². The van der Waals surface area contributed by atoms with Gasteiger partial charge in [-0.15, -0.1) is 0 Å². The number of benzene rings is 8. The van der Waals surface area contributed by atoms with E-state index in [2.05, 4.69) is 182 Å². The first-order valence-corrected chi connectivity index (χ1v) is 16.4. The molecular weight excluding hydrogens is 579 g/mol. The largest absolute Gasteiger partial charge is 0.256 e. The van der Waals surface area contributed by atoms with E-state index in [9.17, 15) is 0 Å². The van der Waals surface area contributed by atoms with Crippen LogP contribution >= 0.6 is 0 Å². The molecule has 0 aliphatic rings. The SMILES string of the molecule is c1cc(-c2cc(-c3cccc4ccccc34)cc(-c3cccc4ccccc34)c2)cc(-c2cccc(-c3nccc4ccccc34)c2)c1. The average Bonchev–Trinajstić information content (AvgIpc) is 3.17. The molecule has 9 rings (SSSR count). The van der Waals surface area contributed by atoms with Crippen LogP contribution in [-0.2, 0) is 0 Å². The molecule has 0 spiro atoms. The van der Waals surface area contributed by atoms with Gasteiger partial charge in [-0.1, -0.05) is 146 Å². The second-order valence-electron chi connectivity index (χ2n) is 12.4. The van der Waals surface area contributed by atoms with Gasteiger partial charge >= 0.3 is 0 Å². The molecule has 0 bridgehead atoms. The van der Waals surface area contributed by atoms with Gasteiger partial charge in [0, 0.05) is 17.1 Å². The molecule has 224 valence electrons. The van der Waals surface area contributed by atoms with E-state index >= 15 is 0 Å². The van der Waals surface area contributed by atoms with Crippen molar-refractivity contribution in [2.75, 3.05) is 0 Å². The maximum Gasteiger partial charge on any atom is 0.0780 e. The minimum atomic E-state index is 1.01. The minimum absolute atomic E-state index is 1.01. The highest BCUT2D eigenvalue weighted by Crippen LogP contribution is 2.39. The van der Waals surface area contributed by atoms with Crippen LogP contribution in [0.3, 0.4) is 0 Å². The lowest BCUT2D eigenvalue weighted by atomic mass is 9.89. The van der Waals surface area contributed by atoms with Gasteiger partial charge in [0.25, 0.3) is 0 Å². The molecule has 1 aromatic heterocycles. The monoisotopic (exact) mass is 609 g/mol. The number of nitrogens with zero attached hydrogens (tertiary/aromatic N) is 1. The first kappa shape index (κ1) is 28.0. The number of aromatic nitrogens is 1. The molecule has 0 fully saturated rings. The van der Waals surface area contributed by atoms with Crippen molar-refractivity contribution >= 4 is 32.3 Å². The van der Waals surface area contributed by atoms with Gasteiger partial charge in [-0.25, -0.2) is 0 Å². The summed E-state index contributed by atoms with van der Waals surface area (Å²) in [6.07, 6.45) is 1.90. The Balaban J connectivity index is 1.21. The fourth-order valence-electron chi connectivity index (χ4n) is 7.13. The van der Waals surface area contributed by atoms with Crippen LogP contribution in [0.1, 0.15) is 0 Å². The molecule has 1 heterocycles. The maximum atomic E-state index is 4.80. The van der Waals surface area contributed by atoms with E-state index in [-0.39, 0.29) is 0 Å². The van der Waals surface area contributed by atoms with Crippen molar-refractivity contribution in [1.82, 2.24) is 4.98 Å². The van der Waals surface area contributed by atoms with Crippen molar-refractivity contribution in [3.63, 3.8) is 0 Å². The second-order valence-corrected chi connectivity index (χ2v) is 12.4. The van der Waals surface area contributed by atoms with Crippen LogP contribution in [0.4, 0.5) is 0 Å². The number of hydrogen-bond acceptors (Lipinski definition) is 1. The molecule has 0 atom stereocenters. The van der Waals surface area contributed by atoms with Crippen LogP contribution in [0.5, 0.6) is 0 Å². The number of rotatable bonds is 5. The first-order chi connectivity index (χ1) is 23.8. The highest BCUT2D eigenvalue weighted by atomic mass is 14.7. The Morgan fingerprint density at radius 3 is 1.27 bits per heavy atom. The summed E-state index contributed by atoms with van der Waals surface area (Å²) in [5.41, 5.74) is 11.7. The Hall–Kier alpha value is -6.31. The van der Waals surface area contributed by atoms with E-state index < -0.39 is 0 Å². The first-order valence-electron chi connectivity index (χ1n) is 16.4. The molecule has 0 radical (unpaired) electrons. The Labute approximate surface area is 280 Å². The summed E-state index contributed by atoms with van der Waals surface area (Å²) in [5.74, 6) is 0. The van der Waals surface area contributed by atoms with Crippen LogP contribution in [0.2, 0.25) is 0 Å². The zero-order chi connectivity index (χ0) is 31.9. The van der Waals surface area contributed by atoms with Crippen LogP contribution in [-0.4, -0.2) is 4.98 Å². The lowest BCUT2D eigenvalue weighted by molar-refractivity contribution is 1.36. The molecule has 0 amide bonds. The lowest BCUT2D eigenvalue weighted by Gasteiger charge is -2.15. The van der Waals surface area contributed by atoms with E-state index in [0.29, 0.717) is 0 Å². The summed E-state index contributed by atoms with van der Waals surface area (Å²) in [7, 11) is 0. The zero-order valence-electron chi connectivity index (χ0n) is 26.3. The third-order valence-corrected chi connectivity index (χ3v) is 9.47. The molecule has 9 aromatic rings. The Kier molecular flexibility index (Phi) is 6.87. The molecular formula is C47H31N. The summed E-state index contributed by atoms with van der Waals surface area (Å²) < 4.78 is 0. The van der Waals surface area contributed by atoms with Crippen molar-refractivity contribution in [1.29, 1.82) is 0 Å². The fraction of sp³-hybridized carbons (Fsp3) is 0. The molecule has 1 heteroatoms. The van der Waals surface area contributed by atoms with Crippen molar-refractivity contribution < 1.29 is 0 Å². The predicted octanol–water partition coefficient (Wildman–Crippen LogP) is 12.9. The van der Waals surface area contributed by atoms with Crippen molar-refractivity contribution in [3.8, 4) is 55.8 Å². The summed E-state index contributed by atoms with van der Waals surface area (Å²) in [4.78, 5) is 4.80. The Morgan fingerprint density at radius 1 is 0.271 bits per heavy atom. The Bertz CT molecular complexity index is 2520. The van der Waals surface area contributed by atoms with Gasteiger partial charge in [0.2, 0.25) is 0 Å². The molecule has 0 N–H and O–H groups in total. The van der Waals surface area contributed by atoms with E-state index in [1.807, 2.05) is 6.20 Å². The zero-order valence-corrected chi connectivity index (χ0v) is 26.3. The van der Waals surface area contributed by atoms with E-state index in [0.717, 1.165) is 16.6 Å². The quantitative estimate of drug-likeness (QED) is 0.189. The van der Waals surface area contributed by atoms with Gasteiger partial charge in [0.05, 0.1) is 5.69 Å². The minimum Gasteiger partial charge on any atom is -0.256 e. The van der Waals surface area contributed by atoms with Gasteiger partial charge < -0.3 is 0 Å². The molecule has 0 aliphatic carbocycles. The summed E-state index contributed by atoms with van der Waals surface area (Å²) in [6, 6.07) is 65.9. The van der Waals surface area contributed by atoms with Crippen LogP contribution in [0.15, 0.2) is 188 Å². The number of pyridine rings is 1. The molecule has 0 saturated heterocycles. The van der Waals surface area contributed by atoms with Gasteiger partial charge in [-0.2, -0.15) is 0 Å². The predicted molar refractivity (Wildman–Crippen MR) is 204 cm³/mol. The van der Waals surface area contributed by atoms with E-state index in [1.54, 1.807) is 0 Å². The molecule has 8 aromatic carbocycles. The summed E-state index contributed by atoms with van der Waals surface area (Å²) >= 11 is 0. The summed E-state index contributed by atoms with van der Waals surface area (Å²) in [6.45, 7) is 0. The van der Waals surface area contributed by atoms with Gasteiger partial charge in [-0.3, -0.25) is 4.98 Å². The third kappa shape index (κ3) is 5.03. The normalized spacial score (nSPS) is 11.3. The molecule has 0 saturated carbocycles. The number of fused-ring (bicyclic) bond motifs is 3. The smallest absolute Gasteiger partial charge is 0.0780 e. The van der Waals surface area contributed by atoms with Crippen molar-refractivity contribution in [2.24, 2.45) is 0 Å². The molecule has 48 heavy (non-hydrogen) atoms. The molecule has 0 aliphatic heterocycles. The van der Waals surface area contributed by atoms with Gasteiger partial charge in [-0.05, 0) is 108 Å². The average molecular weight is 610 g/mol. The highest BCUT2D eigenvalue weighted by Gasteiger charge is 2.13. The number of hydrogen-bond donors (Lipinski definition) is 0. The van der Waals surface area contributed by atoms with E-state index in [4.69, 9.17) is 4.98 Å². The lowest BCUT2D eigenvalue weighted by Crippen LogP contribution is -1.89. The second kappa shape index (κ2) is 11.8. The van der Waals surface area contributed by atoms with Crippen LogP contribution in [0.25, 0.3) is 88.1 Å². The van der Waals surface area contributed by atoms with Crippen molar-refractivity contribution in [2.45, 2.75) is 0 Å². The highest BCUT2D eigenvalue weighted by molar-refractivity contribution is 6.01. The fourth-order valence-corrected chi connectivity index (χ4v) is 7.13. The van der Waals surface area contributed by atoms with E-state index in [1.165, 1.54) is 71.4 Å². The Morgan fingerprint density at radius 2 is 0.667 bits per heavy atom. The topological polar surface area (TPSA) is 12.9 Å². The molecule has 1 nitrogen and oxygen atoms in total. The van der Waals surface area contributed by atoms with Crippen molar-refractivity contribution in [3.05, 3.63) is 188 Å². The van der Waals surface area contributed by atoms with Crippen LogP contribution < -0.4 is 0 Å². The standard InChI is InChI=1S/C47H31N/c1-4-20-42-32(11-1)14-9-23-44(42)40-29-39(30-41(31-40)45-24-10-15-33-12-2-5-21-43(33)45)37-18-7-16-35(27-37)36-17-8-19-38(28-36)47-46-22-6-3-13-34(46)25-26-48-47/h1-31H.